The highest BCUT2D eigenvalue weighted by atomic mass is 16.3. The Morgan fingerprint density at radius 2 is 1.87 bits per heavy atom. The highest BCUT2D eigenvalue weighted by Gasteiger charge is 2.15. The first-order valence-electron chi connectivity index (χ1n) is 5.37. The Morgan fingerprint density at radius 3 is 2.40 bits per heavy atom. The maximum absolute atomic E-state index is 9.90. The van der Waals surface area contributed by atoms with Gasteiger partial charge in [-0.2, -0.15) is 0 Å². The minimum Gasteiger partial charge on any atom is -0.508 e. The van der Waals surface area contributed by atoms with Crippen molar-refractivity contribution >= 4 is 0 Å². The number of phenols is 1. The molecule has 0 heterocycles. The molecule has 0 saturated carbocycles. The van der Waals surface area contributed by atoms with Crippen molar-refractivity contribution in [3.05, 3.63) is 29.8 Å². The number of benzene rings is 1. The van der Waals surface area contributed by atoms with Crippen LogP contribution in [-0.2, 0) is 0 Å². The topological polar surface area (TPSA) is 66.5 Å². The normalized spacial score (nSPS) is 14.9. The van der Waals surface area contributed by atoms with E-state index in [2.05, 4.69) is 6.92 Å². The maximum Gasteiger partial charge on any atom is 0.115 e. The largest absolute Gasteiger partial charge is 0.508 e. The van der Waals surface area contributed by atoms with E-state index < -0.39 is 6.10 Å². The van der Waals surface area contributed by atoms with Gasteiger partial charge in [0.25, 0.3) is 0 Å². The van der Waals surface area contributed by atoms with E-state index in [0.29, 0.717) is 0 Å². The fourth-order valence-corrected chi connectivity index (χ4v) is 1.52. The summed E-state index contributed by atoms with van der Waals surface area (Å²) in [4.78, 5) is 0. The van der Waals surface area contributed by atoms with E-state index in [4.69, 9.17) is 10.8 Å². The van der Waals surface area contributed by atoms with Gasteiger partial charge in [0.15, 0.2) is 0 Å². The summed E-state index contributed by atoms with van der Waals surface area (Å²) < 4.78 is 0. The molecular formula is C12H19NO2. The van der Waals surface area contributed by atoms with E-state index in [-0.39, 0.29) is 11.8 Å². The van der Waals surface area contributed by atoms with Crippen LogP contribution in [0, 0.1) is 0 Å². The van der Waals surface area contributed by atoms with Crippen molar-refractivity contribution in [1.29, 1.82) is 0 Å². The molecule has 1 rings (SSSR count). The predicted octanol–water partition coefficient (Wildman–Crippen LogP) is 1.94. The first-order valence-corrected chi connectivity index (χ1v) is 5.37. The van der Waals surface area contributed by atoms with Crippen LogP contribution in [0.2, 0.25) is 0 Å². The molecule has 0 fully saturated rings. The number of aromatic hydroxyl groups is 1. The lowest BCUT2D eigenvalue weighted by atomic mass is 9.99. The molecule has 0 bridgehead atoms. The monoisotopic (exact) mass is 209 g/mol. The van der Waals surface area contributed by atoms with Gasteiger partial charge in [-0.05, 0) is 24.1 Å². The molecule has 0 saturated heterocycles. The molecular weight excluding hydrogens is 190 g/mol. The van der Waals surface area contributed by atoms with Gasteiger partial charge >= 0.3 is 0 Å². The molecule has 3 nitrogen and oxygen atoms in total. The van der Waals surface area contributed by atoms with Crippen LogP contribution in [0.4, 0.5) is 0 Å². The second kappa shape index (κ2) is 5.73. The number of hydrogen-bond acceptors (Lipinski definition) is 3. The summed E-state index contributed by atoms with van der Waals surface area (Å²) in [5.41, 5.74) is 6.62. The highest BCUT2D eigenvalue weighted by Crippen LogP contribution is 2.20. The van der Waals surface area contributed by atoms with Crippen molar-refractivity contribution in [3.63, 3.8) is 0 Å². The van der Waals surface area contributed by atoms with Crippen LogP contribution in [0.15, 0.2) is 24.3 Å². The zero-order chi connectivity index (χ0) is 11.3. The summed E-state index contributed by atoms with van der Waals surface area (Å²) in [6, 6.07) is 6.29. The third-order valence-electron chi connectivity index (χ3n) is 2.53. The van der Waals surface area contributed by atoms with E-state index in [9.17, 15) is 5.11 Å². The molecule has 2 atom stereocenters. The third kappa shape index (κ3) is 3.53. The van der Waals surface area contributed by atoms with Crippen LogP contribution in [0.5, 0.6) is 5.75 Å². The SMILES string of the molecule is CCCCC(N)C(O)c1ccc(O)cc1. The second-order valence-corrected chi connectivity index (χ2v) is 3.84. The lowest BCUT2D eigenvalue weighted by molar-refractivity contribution is 0.141. The Labute approximate surface area is 90.5 Å². The lowest BCUT2D eigenvalue weighted by Crippen LogP contribution is -2.28. The predicted molar refractivity (Wildman–Crippen MR) is 60.6 cm³/mol. The summed E-state index contributed by atoms with van der Waals surface area (Å²) >= 11 is 0. The van der Waals surface area contributed by atoms with Crippen molar-refractivity contribution in [2.45, 2.75) is 38.3 Å². The van der Waals surface area contributed by atoms with Crippen LogP contribution in [0.3, 0.4) is 0 Å². The Bertz CT molecular complexity index is 284. The van der Waals surface area contributed by atoms with Crippen molar-refractivity contribution in [1.82, 2.24) is 0 Å². The second-order valence-electron chi connectivity index (χ2n) is 3.84. The molecule has 4 N–H and O–H groups in total. The van der Waals surface area contributed by atoms with Crippen molar-refractivity contribution < 1.29 is 10.2 Å². The van der Waals surface area contributed by atoms with Crippen LogP contribution < -0.4 is 5.73 Å². The van der Waals surface area contributed by atoms with E-state index in [0.717, 1.165) is 24.8 Å². The van der Waals surface area contributed by atoms with Crippen LogP contribution >= 0.6 is 0 Å². The van der Waals surface area contributed by atoms with Crippen molar-refractivity contribution in [2.75, 3.05) is 0 Å². The van der Waals surface area contributed by atoms with Crippen molar-refractivity contribution in [3.8, 4) is 5.75 Å². The molecule has 0 amide bonds. The summed E-state index contributed by atoms with van der Waals surface area (Å²) in [6.45, 7) is 2.10. The van der Waals surface area contributed by atoms with Crippen LogP contribution in [0.1, 0.15) is 37.9 Å². The molecule has 15 heavy (non-hydrogen) atoms. The van der Waals surface area contributed by atoms with Gasteiger partial charge in [-0.15, -0.1) is 0 Å². The van der Waals surface area contributed by atoms with Gasteiger partial charge in [0, 0.05) is 6.04 Å². The molecule has 2 unspecified atom stereocenters. The van der Waals surface area contributed by atoms with Gasteiger partial charge < -0.3 is 15.9 Å². The summed E-state index contributed by atoms with van der Waals surface area (Å²) in [7, 11) is 0. The number of rotatable bonds is 5. The number of phenolic OH excluding ortho intramolecular Hbond substituents is 1. The summed E-state index contributed by atoms with van der Waals surface area (Å²) in [5, 5.41) is 19.0. The summed E-state index contributed by atoms with van der Waals surface area (Å²) in [6.07, 6.45) is 2.28. The molecule has 0 aliphatic heterocycles. The fourth-order valence-electron chi connectivity index (χ4n) is 1.52. The zero-order valence-electron chi connectivity index (χ0n) is 9.06. The van der Waals surface area contributed by atoms with E-state index in [1.54, 1.807) is 24.3 Å². The Kier molecular flexibility index (Phi) is 4.59. The van der Waals surface area contributed by atoms with Gasteiger partial charge in [-0.25, -0.2) is 0 Å². The number of hydrogen-bond donors (Lipinski definition) is 3. The minimum atomic E-state index is -0.642. The Hall–Kier alpha value is -1.06. The molecule has 84 valence electrons. The minimum absolute atomic E-state index is 0.202. The molecule has 0 aliphatic carbocycles. The molecule has 1 aromatic carbocycles. The number of aliphatic hydroxyl groups is 1. The summed E-state index contributed by atoms with van der Waals surface area (Å²) in [5.74, 6) is 0.202. The van der Waals surface area contributed by atoms with Gasteiger partial charge in [0.1, 0.15) is 5.75 Å². The molecule has 0 spiro atoms. The number of unbranched alkanes of at least 4 members (excludes halogenated alkanes) is 1. The molecule has 1 aromatic rings. The van der Waals surface area contributed by atoms with Crippen LogP contribution in [-0.4, -0.2) is 16.3 Å². The van der Waals surface area contributed by atoms with E-state index >= 15 is 0 Å². The molecule has 0 aromatic heterocycles. The molecule has 3 heteroatoms. The standard InChI is InChI=1S/C12H19NO2/c1-2-3-4-11(13)12(15)9-5-7-10(14)8-6-9/h5-8,11-12,14-15H,2-4,13H2,1H3. The average Bonchev–Trinajstić information content (AvgIpc) is 2.26. The zero-order valence-corrected chi connectivity index (χ0v) is 9.06. The third-order valence-corrected chi connectivity index (χ3v) is 2.53. The first kappa shape index (κ1) is 12.0. The quantitative estimate of drug-likeness (QED) is 0.694. The number of nitrogens with two attached hydrogens (primary N) is 1. The van der Waals surface area contributed by atoms with Crippen LogP contribution in [0.25, 0.3) is 0 Å². The average molecular weight is 209 g/mol. The Morgan fingerprint density at radius 1 is 1.27 bits per heavy atom. The Balaban J connectivity index is 2.59. The fraction of sp³-hybridized carbons (Fsp3) is 0.500. The molecule has 0 aliphatic rings. The maximum atomic E-state index is 9.90. The van der Waals surface area contributed by atoms with Gasteiger partial charge in [0.2, 0.25) is 0 Å². The highest BCUT2D eigenvalue weighted by molar-refractivity contribution is 5.27. The number of aliphatic hydroxyl groups excluding tert-OH is 1. The first-order chi connectivity index (χ1) is 7.15. The van der Waals surface area contributed by atoms with E-state index in [1.165, 1.54) is 0 Å². The van der Waals surface area contributed by atoms with Gasteiger partial charge in [-0.1, -0.05) is 31.9 Å². The smallest absolute Gasteiger partial charge is 0.115 e. The molecule has 0 radical (unpaired) electrons. The van der Waals surface area contributed by atoms with Gasteiger partial charge in [-0.3, -0.25) is 0 Å². The van der Waals surface area contributed by atoms with Crippen molar-refractivity contribution in [2.24, 2.45) is 5.73 Å². The van der Waals surface area contributed by atoms with E-state index in [1.807, 2.05) is 0 Å². The van der Waals surface area contributed by atoms with Gasteiger partial charge in [0.05, 0.1) is 6.10 Å². The lowest BCUT2D eigenvalue weighted by Gasteiger charge is -2.18.